The smallest absolute Gasteiger partial charge is 0.226 e. The summed E-state index contributed by atoms with van der Waals surface area (Å²) in [5.74, 6) is 2.01. The van der Waals surface area contributed by atoms with Crippen molar-refractivity contribution in [1.29, 1.82) is 0 Å². The maximum atomic E-state index is 11.5. The fourth-order valence-corrected chi connectivity index (χ4v) is 3.80. The van der Waals surface area contributed by atoms with Crippen LogP contribution in [0, 0.1) is 5.92 Å². The quantitative estimate of drug-likeness (QED) is 0.889. The highest BCUT2D eigenvalue weighted by molar-refractivity contribution is 7.91. The lowest BCUT2D eigenvalue weighted by atomic mass is 9.89. The highest BCUT2D eigenvalue weighted by Gasteiger charge is 2.27. The lowest BCUT2D eigenvalue weighted by Crippen LogP contribution is -2.29. The first-order chi connectivity index (χ1) is 9.86. The Morgan fingerprint density at radius 3 is 2.52 bits per heavy atom. The van der Waals surface area contributed by atoms with Crippen LogP contribution >= 0.6 is 0 Å². The molecule has 1 aromatic rings. The van der Waals surface area contributed by atoms with Gasteiger partial charge in [0.15, 0.2) is 0 Å². The summed E-state index contributed by atoms with van der Waals surface area (Å²) in [5.41, 5.74) is 0. The van der Waals surface area contributed by atoms with Crippen molar-refractivity contribution in [3.63, 3.8) is 0 Å². The Labute approximate surface area is 126 Å². The van der Waals surface area contributed by atoms with Gasteiger partial charge in [-0.3, -0.25) is 0 Å². The molecule has 1 aliphatic rings. The highest BCUT2D eigenvalue weighted by atomic mass is 32.2. The maximum Gasteiger partial charge on any atom is 0.226 e. The summed E-state index contributed by atoms with van der Waals surface area (Å²) in [6.45, 7) is 0.834. The van der Waals surface area contributed by atoms with E-state index in [9.17, 15) is 8.42 Å². The van der Waals surface area contributed by atoms with E-state index in [1.807, 2.05) is 25.1 Å². The number of hydrogen-bond donors (Lipinski definition) is 1. The summed E-state index contributed by atoms with van der Waals surface area (Å²) in [6, 6.07) is 1.86. The SMILES string of the molecule is CN(C)c1nccc(NCC2CCC(S(C)(=O)=O)CC2)n1. The van der Waals surface area contributed by atoms with Crippen LogP contribution in [0.5, 0.6) is 0 Å². The molecule has 1 aliphatic carbocycles. The summed E-state index contributed by atoms with van der Waals surface area (Å²) in [5, 5.41) is 3.19. The van der Waals surface area contributed by atoms with Crippen LogP contribution in [0.2, 0.25) is 0 Å². The Morgan fingerprint density at radius 1 is 1.29 bits per heavy atom. The summed E-state index contributed by atoms with van der Waals surface area (Å²) >= 11 is 0. The molecule has 1 N–H and O–H groups in total. The Kier molecular flexibility index (Phi) is 5.03. The fraction of sp³-hybridized carbons (Fsp3) is 0.714. The molecule has 1 fully saturated rings. The molecule has 1 aromatic heterocycles. The molecule has 0 radical (unpaired) electrons. The third-order valence-corrected chi connectivity index (χ3v) is 5.70. The van der Waals surface area contributed by atoms with E-state index in [-0.39, 0.29) is 5.25 Å². The highest BCUT2D eigenvalue weighted by Crippen LogP contribution is 2.28. The third kappa shape index (κ3) is 4.56. The van der Waals surface area contributed by atoms with E-state index in [2.05, 4.69) is 15.3 Å². The minimum absolute atomic E-state index is 0.145. The predicted molar refractivity (Wildman–Crippen MR) is 85.4 cm³/mol. The van der Waals surface area contributed by atoms with Crippen molar-refractivity contribution in [2.45, 2.75) is 30.9 Å². The van der Waals surface area contributed by atoms with Crippen LogP contribution in [0.3, 0.4) is 0 Å². The first-order valence-electron chi connectivity index (χ1n) is 7.29. The van der Waals surface area contributed by atoms with Crippen LogP contribution in [0.1, 0.15) is 25.7 Å². The molecule has 0 spiro atoms. The van der Waals surface area contributed by atoms with Crippen LogP contribution in [-0.2, 0) is 9.84 Å². The van der Waals surface area contributed by atoms with E-state index < -0.39 is 9.84 Å². The average Bonchev–Trinajstić information content (AvgIpc) is 2.45. The molecule has 1 saturated carbocycles. The van der Waals surface area contributed by atoms with Crippen LogP contribution in [0.4, 0.5) is 11.8 Å². The van der Waals surface area contributed by atoms with E-state index in [0.29, 0.717) is 11.9 Å². The molecule has 6 nitrogen and oxygen atoms in total. The molecule has 21 heavy (non-hydrogen) atoms. The molecule has 0 aromatic carbocycles. The van der Waals surface area contributed by atoms with E-state index in [1.165, 1.54) is 6.26 Å². The van der Waals surface area contributed by atoms with Crippen molar-refractivity contribution in [3.05, 3.63) is 12.3 Å². The number of nitrogens with zero attached hydrogens (tertiary/aromatic N) is 3. The average molecular weight is 312 g/mol. The number of anilines is 2. The fourth-order valence-electron chi connectivity index (χ4n) is 2.68. The van der Waals surface area contributed by atoms with Gasteiger partial charge in [0, 0.05) is 33.1 Å². The number of sulfone groups is 1. The van der Waals surface area contributed by atoms with Gasteiger partial charge in [-0.2, -0.15) is 4.98 Å². The molecule has 2 rings (SSSR count). The molecule has 0 unspecified atom stereocenters. The van der Waals surface area contributed by atoms with Crippen LogP contribution in [0.25, 0.3) is 0 Å². The number of nitrogens with one attached hydrogen (secondary N) is 1. The number of rotatable bonds is 5. The van der Waals surface area contributed by atoms with Crippen molar-refractivity contribution in [2.24, 2.45) is 5.92 Å². The second-order valence-electron chi connectivity index (χ2n) is 5.99. The minimum atomic E-state index is -2.88. The van der Waals surface area contributed by atoms with Gasteiger partial charge in [0.25, 0.3) is 0 Å². The molecular formula is C14H24N4O2S. The van der Waals surface area contributed by atoms with Crippen LogP contribution in [0.15, 0.2) is 12.3 Å². The summed E-state index contributed by atoms with van der Waals surface area (Å²) < 4.78 is 23.1. The number of aromatic nitrogens is 2. The molecule has 7 heteroatoms. The third-order valence-electron chi connectivity index (χ3n) is 4.01. The Balaban J connectivity index is 1.84. The topological polar surface area (TPSA) is 75.2 Å². The van der Waals surface area contributed by atoms with Gasteiger partial charge in [-0.25, -0.2) is 13.4 Å². The summed E-state index contributed by atoms with van der Waals surface area (Å²) in [7, 11) is 0.939. The summed E-state index contributed by atoms with van der Waals surface area (Å²) in [4.78, 5) is 10.5. The Morgan fingerprint density at radius 2 is 1.95 bits per heavy atom. The zero-order valence-electron chi connectivity index (χ0n) is 12.9. The van der Waals surface area contributed by atoms with Crippen molar-refractivity contribution in [2.75, 3.05) is 37.1 Å². The maximum absolute atomic E-state index is 11.5. The minimum Gasteiger partial charge on any atom is -0.370 e. The van der Waals surface area contributed by atoms with Gasteiger partial charge in [-0.1, -0.05) is 0 Å². The van der Waals surface area contributed by atoms with Gasteiger partial charge in [-0.05, 0) is 37.7 Å². The molecule has 0 atom stereocenters. The second kappa shape index (κ2) is 6.60. The molecule has 118 valence electrons. The zero-order chi connectivity index (χ0) is 15.5. The predicted octanol–water partition coefficient (Wildman–Crippen LogP) is 1.56. The van der Waals surface area contributed by atoms with Crippen molar-refractivity contribution >= 4 is 21.6 Å². The Hall–Kier alpha value is -1.37. The molecule has 0 bridgehead atoms. The van der Waals surface area contributed by atoms with Gasteiger partial charge >= 0.3 is 0 Å². The monoisotopic (exact) mass is 312 g/mol. The van der Waals surface area contributed by atoms with Gasteiger partial charge in [0.1, 0.15) is 15.7 Å². The first-order valence-corrected chi connectivity index (χ1v) is 9.25. The van der Waals surface area contributed by atoms with Crippen molar-refractivity contribution < 1.29 is 8.42 Å². The van der Waals surface area contributed by atoms with E-state index in [1.54, 1.807) is 6.20 Å². The standard InChI is InChI=1S/C14H24N4O2S/c1-18(2)14-15-9-8-13(17-14)16-10-11-4-6-12(7-5-11)21(3,19)20/h8-9,11-12H,4-7,10H2,1-3H3,(H,15,16,17). The molecular weight excluding hydrogens is 288 g/mol. The van der Waals surface area contributed by atoms with Crippen molar-refractivity contribution in [3.8, 4) is 0 Å². The Bertz CT molecular complexity index is 566. The van der Waals surface area contributed by atoms with Gasteiger partial charge in [0.05, 0.1) is 5.25 Å². The zero-order valence-corrected chi connectivity index (χ0v) is 13.7. The van der Waals surface area contributed by atoms with Gasteiger partial charge in [-0.15, -0.1) is 0 Å². The lowest BCUT2D eigenvalue weighted by molar-refractivity contribution is 0.372. The molecule has 0 saturated heterocycles. The normalized spacial score (nSPS) is 22.8. The van der Waals surface area contributed by atoms with E-state index >= 15 is 0 Å². The van der Waals surface area contributed by atoms with Crippen LogP contribution < -0.4 is 10.2 Å². The number of hydrogen-bond acceptors (Lipinski definition) is 6. The molecule has 1 heterocycles. The second-order valence-corrected chi connectivity index (χ2v) is 8.32. The van der Waals surface area contributed by atoms with E-state index in [0.717, 1.165) is 38.0 Å². The van der Waals surface area contributed by atoms with Gasteiger partial charge in [0.2, 0.25) is 5.95 Å². The van der Waals surface area contributed by atoms with Crippen LogP contribution in [-0.4, -0.2) is 50.5 Å². The molecule has 0 aliphatic heterocycles. The largest absolute Gasteiger partial charge is 0.370 e. The van der Waals surface area contributed by atoms with E-state index in [4.69, 9.17) is 0 Å². The van der Waals surface area contributed by atoms with Gasteiger partial charge < -0.3 is 10.2 Å². The molecule has 0 amide bonds. The summed E-state index contributed by atoms with van der Waals surface area (Å²) in [6.07, 6.45) is 6.55. The lowest BCUT2D eigenvalue weighted by Gasteiger charge is -2.27. The first kappa shape index (κ1) is 16.0. The van der Waals surface area contributed by atoms with Crippen molar-refractivity contribution in [1.82, 2.24) is 9.97 Å².